The number of ether oxygens (including phenoxy) is 1. The van der Waals surface area contributed by atoms with Crippen molar-refractivity contribution in [3.8, 4) is 11.1 Å². The van der Waals surface area contributed by atoms with Gasteiger partial charge in [0.1, 0.15) is 11.6 Å². The van der Waals surface area contributed by atoms with Gasteiger partial charge in [-0.25, -0.2) is 9.78 Å². The highest BCUT2D eigenvalue weighted by Crippen LogP contribution is 2.34. The number of fused-ring (bicyclic) bond motifs is 2. The van der Waals surface area contributed by atoms with E-state index in [2.05, 4.69) is 31.5 Å². The monoisotopic (exact) mass is 665 g/mol. The van der Waals surface area contributed by atoms with Gasteiger partial charge in [0, 0.05) is 24.6 Å². The lowest BCUT2D eigenvalue weighted by atomic mass is 9.81. The molecule has 2 heterocycles. The summed E-state index contributed by atoms with van der Waals surface area (Å²) in [5.41, 5.74) is 12.1. The molecule has 0 radical (unpaired) electrons. The Morgan fingerprint density at radius 2 is 1.73 bits per heavy atom. The summed E-state index contributed by atoms with van der Waals surface area (Å²) in [4.78, 5) is 61.1. The number of nitrogens with zero attached hydrogens (tertiary/aromatic N) is 2. The first-order valence-corrected chi connectivity index (χ1v) is 16.7. The summed E-state index contributed by atoms with van der Waals surface area (Å²) in [6.07, 6.45) is 4.08. The molecular formula is C37H43N7O5. The van der Waals surface area contributed by atoms with Gasteiger partial charge in [0.05, 0.1) is 28.3 Å². The summed E-state index contributed by atoms with van der Waals surface area (Å²) in [6.45, 7) is 7.97. The molecule has 2 aromatic heterocycles. The lowest BCUT2D eigenvalue weighted by molar-refractivity contribution is -0.127. The van der Waals surface area contributed by atoms with E-state index in [0.29, 0.717) is 36.0 Å². The van der Waals surface area contributed by atoms with Crippen LogP contribution in [0.3, 0.4) is 0 Å². The normalized spacial score (nSPS) is 17.1. The van der Waals surface area contributed by atoms with Gasteiger partial charge in [0.2, 0.25) is 11.8 Å². The number of aryl methyl sites for hydroxylation is 1. The number of nitrogens with two attached hydrogens (primary N) is 1. The first-order valence-electron chi connectivity index (χ1n) is 16.7. The Labute approximate surface area is 283 Å². The fraction of sp³-hybridized carbons (Fsp3) is 0.378. The number of H-pyrrole nitrogens is 3. The van der Waals surface area contributed by atoms with Gasteiger partial charge in [-0.2, -0.15) is 0 Å². The second-order valence-electron chi connectivity index (χ2n) is 14.0. The molecule has 49 heavy (non-hydrogen) atoms. The summed E-state index contributed by atoms with van der Waals surface area (Å²) >= 11 is 0. The molecule has 1 aliphatic carbocycles. The molecule has 6 rings (SSSR count). The van der Waals surface area contributed by atoms with Gasteiger partial charge in [-0.15, -0.1) is 0 Å². The molecule has 0 saturated heterocycles. The number of nitrogens with one attached hydrogen (secondary N) is 4. The average molecular weight is 666 g/mol. The van der Waals surface area contributed by atoms with E-state index in [1.165, 1.54) is 4.90 Å². The first kappa shape index (κ1) is 33.5. The summed E-state index contributed by atoms with van der Waals surface area (Å²) in [5.74, 6) is -0.965. The number of benzene rings is 3. The minimum atomic E-state index is -0.976. The first-order chi connectivity index (χ1) is 23.4. The van der Waals surface area contributed by atoms with Crippen LogP contribution in [0.25, 0.3) is 33.1 Å². The van der Waals surface area contributed by atoms with Crippen LogP contribution in [-0.2, 0) is 20.7 Å². The van der Waals surface area contributed by atoms with Crippen molar-refractivity contribution in [1.82, 2.24) is 25.5 Å². The third-order valence-corrected chi connectivity index (χ3v) is 9.30. The highest BCUT2D eigenvalue weighted by molar-refractivity contribution is 6.03. The molecule has 12 heteroatoms. The van der Waals surface area contributed by atoms with E-state index in [1.54, 1.807) is 24.5 Å². The smallest absolute Gasteiger partial charge is 0.407 e. The maximum Gasteiger partial charge on any atom is 0.407 e. The van der Waals surface area contributed by atoms with E-state index in [1.807, 2.05) is 58.0 Å². The fourth-order valence-electron chi connectivity index (χ4n) is 6.75. The molecule has 0 spiro atoms. The lowest BCUT2D eigenvalue weighted by Gasteiger charge is -2.36. The van der Waals surface area contributed by atoms with Gasteiger partial charge in [-0.1, -0.05) is 24.3 Å². The van der Waals surface area contributed by atoms with Gasteiger partial charge >= 0.3 is 6.09 Å². The van der Waals surface area contributed by atoms with Crippen LogP contribution in [-0.4, -0.2) is 56.3 Å². The topological polar surface area (TPSA) is 179 Å². The molecule has 0 aliphatic heterocycles. The van der Waals surface area contributed by atoms with E-state index in [4.69, 9.17) is 10.5 Å². The van der Waals surface area contributed by atoms with Crippen LogP contribution in [0.15, 0.2) is 65.7 Å². The number of carbonyl (C=O) groups excluding carboxylic acids is 3. The largest absolute Gasteiger partial charge is 0.444 e. The number of hydrogen-bond acceptors (Lipinski definition) is 6. The number of carbonyl (C=O) groups is 3. The number of aromatic nitrogens is 4. The van der Waals surface area contributed by atoms with Crippen LogP contribution >= 0.6 is 0 Å². The Morgan fingerprint density at radius 1 is 1.00 bits per heavy atom. The van der Waals surface area contributed by atoms with Crippen molar-refractivity contribution < 1.29 is 19.1 Å². The quantitative estimate of drug-likeness (QED) is 0.139. The van der Waals surface area contributed by atoms with E-state index in [0.717, 1.165) is 46.1 Å². The number of rotatable bonds is 9. The zero-order chi connectivity index (χ0) is 34.9. The molecule has 12 nitrogen and oxygen atoms in total. The SMILES string of the molecule is Cc1cc2nc[nH]c2cc1-c1ccc(C[C@@H](C(N)=O)N(c2ccc3c(=O)[nH][nH]c3c2)C(=O)[C@H]2CC[C@H](CNC(=O)OC(C)(C)C)CC2)cc1. The zero-order valence-electron chi connectivity index (χ0n) is 28.3. The predicted molar refractivity (Wildman–Crippen MR) is 189 cm³/mol. The van der Waals surface area contributed by atoms with Crippen LogP contribution < -0.4 is 21.5 Å². The molecule has 256 valence electrons. The Balaban J connectivity index is 1.23. The molecule has 6 N–H and O–H groups in total. The van der Waals surface area contributed by atoms with Gasteiger partial charge in [0.25, 0.3) is 5.56 Å². The van der Waals surface area contributed by atoms with Crippen LogP contribution in [0, 0.1) is 18.8 Å². The summed E-state index contributed by atoms with van der Waals surface area (Å²) in [5, 5.41) is 8.73. The second-order valence-corrected chi connectivity index (χ2v) is 14.0. The lowest BCUT2D eigenvalue weighted by Crippen LogP contribution is -2.52. The van der Waals surface area contributed by atoms with E-state index < -0.39 is 23.6 Å². The standard InChI is InChI=1S/C37H43N7O5/c1-21-15-30-31(41-20-40-30)18-28(21)24-9-5-22(6-10-24)16-32(33(38)45)44(26-13-14-27-29(17-26)42-43-34(27)46)35(47)25-11-7-23(8-12-25)19-39-36(48)49-37(2,3)4/h5-6,9-10,13-15,17-18,20,23,25,32H,7-8,11-12,16,19H2,1-4H3,(H2,38,45)(H,39,48)(H,40,41)(H2,42,43,46)/t23-,25-,32-/m0/s1. The predicted octanol–water partition coefficient (Wildman–Crippen LogP) is 5.47. The average Bonchev–Trinajstić information content (AvgIpc) is 3.68. The number of aromatic amines is 3. The van der Waals surface area contributed by atoms with Crippen molar-refractivity contribution in [2.24, 2.45) is 17.6 Å². The second kappa shape index (κ2) is 13.6. The number of hydrogen-bond donors (Lipinski definition) is 5. The summed E-state index contributed by atoms with van der Waals surface area (Å²) in [7, 11) is 0. The minimum absolute atomic E-state index is 0.195. The Kier molecular flexibility index (Phi) is 9.31. The van der Waals surface area contributed by atoms with Crippen LogP contribution in [0.2, 0.25) is 0 Å². The van der Waals surface area contributed by atoms with Crippen molar-refractivity contribution >= 4 is 45.5 Å². The number of alkyl carbamates (subject to hydrolysis) is 1. The molecule has 1 fully saturated rings. The Morgan fingerprint density at radius 3 is 2.43 bits per heavy atom. The maximum absolute atomic E-state index is 14.4. The number of anilines is 1. The molecule has 0 bridgehead atoms. The van der Waals surface area contributed by atoms with Crippen molar-refractivity contribution in [1.29, 1.82) is 0 Å². The highest BCUT2D eigenvalue weighted by Gasteiger charge is 2.36. The number of imidazole rings is 1. The number of amides is 3. The van der Waals surface area contributed by atoms with E-state index in [9.17, 15) is 19.2 Å². The van der Waals surface area contributed by atoms with Crippen LogP contribution in [0.5, 0.6) is 0 Å². The molecule has 3 amide bonds. The third kappa shape index (κ3) is 7.53. The molecule has 3 aromatic carbocycles. The molecular weight excluding hydrogens is 622 g/mol. The summed E-state index contributed by atoms with van der Waals surface area (Å²) in [6, 6.07) is 16.1. The molecule has 1 atom stereocenters. The fourth-order valence-corrected chi connectivity index (χ4v) is 6.75. The number of primary amides is 1. The van der Waals surface area contributed by atoms with Gasteiger partial charge in [-0.05, 0) is 112 Å². The van der Waals surface area contributed by atoms with Crippen LogP contribution in [0.1, 0.15) is 57.6 Å². The Bertz CT molecular complexity index is 2050. The van der Waals surface area contributed by atoms with Crippen molar-refractivity contribution in [2.45, 2.75) is 71.4 Å². The Hall–Kier alpha value is -5.39. The van der Waals surface area contributed by atoms with Gasteiger partial charge in [-0.3, -0.25) is 29.5 Å². The van der Waals surface area contributed by atoms with Gasteiger partial charge in [0.15, 0.2) is 0 Å². The van der Waals surface area contributed by atoms with Crippen molar-refractivity contribution in [3.63, 3.8) is 0 Å². The third-order valence-electron chi connectivity index (χ3n) is 9.30. The van der Waals surface area contributed by atoms with Crippen LogP contribution in [0.4, 0.5) is 10.5 Å². The van der Waals surface area contributed by atoms with E-state index >= 15 is 0 Å². The molecule has 1 saturated carbocycles. The highest BCUT2D eigenvalue weighted by atomic mass is 16.6. The minimum Gasteiger partial charge on any atom is -0.444 e. The summed E-state index contributed by atoms with van der Waals surface area (Å²) < 4.78 is 5.36. The van der Waals surface area contributed by atoms with Gasteiger partial charge < -0.3 is 20.8 Å². The maximum atomic E-state index is 14.4. The van der Waals surface area contributed by atoms with E-state index in [-0.39, 0.29) is 29.7 Å². The van der Waals surface area contributed by atoms with Crippen molar-refractivity contribution in [2.75, 3.05) is 11.4 Å². The van der Waals surface area contributed by atoms with Crippen molar-refractivity contribution in [3.05, 3.63) is 82.4 Å². The molecule has 5 aromatic rings. The molecule has 0 unspecified atom stereocenters. The molecule has 1 aliphatic rings. The zero-order valence-corrected chi connectivity index (χ0v) is 28.3.